The average molecular weight is 478 g/mol. The van der Waals surface area contributed by atoms with Gasteiger partial charge in [0.15, 0.2) is 0 Å². The molecule has 2 aromatic carbocycles. The standard InChI is InChI=1S/C27H31N3O5/c1-16(2)12-21(26(33)29-27(3)8-9-27)28-25(32)17-4-7-22-20(13-17)19-6-5-18(14-23(19)35-22)30-10-11-34-15-24(30)31/h4-7,13-14,16,21H,8-12,15H2,1-3H3,(H,28,32)(H,29,33). The first-order chi connectivity index (χ1) is 16.7. The smallest absolute Gasteiger partial charge is 0.253 e. The van der Waals surface area contributed by atoms with Gasteiger partial charge in [-0.1, -0.05) is 13.8 Å². The zero-order chi connectivity index (χ0) is 24.7. The minimum Gasteiger partial charge on any atom is -0.456 e. The van der Waals surface area contributed by atoms with Crippen molar-refractivity contribution in [3.05, 3.63) is 42.0 Å². The highest BCUT2D eigenvalue weighted by molar-refractivity contribution is 6.09. The molecule has 2 aliphatic rings. The van der Waals surface area contributed by atoms with Crippen molar-refractivity contribution in [2.24, 2.45) is 5.92 Å². The van der Waals surface area contributed by atoms with Crippen LogP contribution >= 0.6 is 0 Å². The second-order valence-corrected chi connectivity index (χ2v) is 10.3. The number of hydrogen-bond donors (Lipinski definition) is 2. The molecule has 1 saturated carbocycles. The fraction of sp³-hybridized carbons (Fsp3) is 0.444. The summed E-state index contributed by atoms with van der Waals surface area (Å²) in [6, 6.07) is 10.3. The lowest BCUT2D eigenvalue weighted by Crippen LogP contribution is -2.50. The third kappa shape index (κ3) is 4.89. The molecule has 3 amide bonds. The zero-order valence-electron chi connectivity index (χ0n) is 20.3. The Balaban J connectivity index is 1.39. The Labute approximate surface area is 204 Å². The molecular formula is C27H31N3O5. The first-order valence-corrected chi connectivity index (χ1v) is 12.2. The monoisotopic (exact) mass is 477 g/mol. The van der Waals surface area contributed by atoms with Crippen LogP contribution in [0.5, 0.6) is 0 Å². The normalized spacial score (nSPS) is 18.2. The van der Waals surface area contributed by atoms with Crippen molar-refractivity contribution in [2.45, 2.75) is 51.6 Å². The number of amides is 3. The number of morpholine rings is 1. The Hall–Kier alpha value is -3.39. The molecule has 5 rings (SSSR count). The van der Waals surface area contributed by atoms with Crippen LogP contribution < -0.4 is 15.5 Å². The summed E-state index contributed by atoms with van der Waals surface area (Å²) >= 11 is 0. The summed E-state index contributed by atoms with van der Waals surface area (Å²) in [6.45, 7) is 7.17. The van der Waals surface area contributed by atoms with Gasteiger partial charge in [0, 0.05) is 40.2 Å². The number of nitrogens with one attached hydrogen (secondary N) is 2. The summed E-state index contributed by atoms with van der Waals surface area (Å²) < 4.78 is 11.2. The van der Waals surface area contributed by atoms with E-state index in [4.69, 9.17) is 9.15 Å². The Bertz CT molecular complexity index is 1310. The number of carbonyl (C=O) groups excluding carboxylic acids is 3. The van der Waals surface area contributed by atoms with Crippen molar-refractivity contribution < 1.29 is 23.5 Å². The van der Waals surface area contributed by atoms with Crippen LogP contribution in [0.1, 0.15) is 50.4 Å². The van der Waals surface area contributed by atoms with Gasteiger partial charge >= 0.3 is 0 Å². The van der Waals surface area contributed by atoms with Crippen LogP contribution in [0.25, 0.3) is 21.9 Å². The van der Waals surface area contributed by atoms with Crippen LogP contribution in [0.3, 0.4) is 0 Å². The molecule has 8 nitrogen and oxygen atoms in total. The molecule has 1 atom stereocenters. The molecule has 8 heteroatoms. The van der Waals surface area contributed by atoms with Crippen molar-refractivity contribution >= 4 is 45.3 Å². The predicted molar refractivity (Wildman–Crippen MR) is 133 cm³/mol. The van der Waals surface area contributed by atoms with E-state index in [9.17, 15) is 14.4 Å². The Morgan fingerprint density at radius 1 is 1.09 bits per heavy atom. The van der Waals surface area contributed by atoms with Gasteiger partial charge in [-0.05, 0) is 62.4 Å². The summed E-state index contributed by atoms with van der Waals surface area (Å²) in [4.78, 5) is 39.9. The fourth-order valence-corrected chi connectivity index (χ4v) is 4.51. The highest BCUT2D eigenvalue weighted by atomic mass is 16.5. The van der Waals surface area contributed by atoms with Crippen LogP contribution in [0, 0.1) is 5.92 Å². The van der Waals surface area contributed by atoms with Gasteiger partial charge in [0.1, 0.15) is 23.8 Å². The van der Waals surface area contributed by atoms with E-state index < -0.39 is 6.04 Å². The third-order valence-corrected chi connectivity index (χ3v) is 6.77. The summed E-state index contributed by atoms with van der Waals surface area (Å²) in [5.41, 5.74) is 2.38. The molecule has 0 radical (unpaired) electrons. The highest BCUT2D eigenvalue weighted by Gasteiger charge is 2.40. The third-order valence-electron chi connectivity index (χ3n) is 6.77. The number of nitrogens with zero attached hydrogens (tertiary/aromatic N) is 1. The molecule has 184 valence electrons. The van der Waals surface area contributed by atoms with Crippen LogP contribution in [-0.2, 0) is 14.3 Å². The highest BCUT2D eigenvalue weighted by Crippen LogP contribution is 2.35. The van der Waals surface area contributed by atoms with E-state index in [1.54, 1.807) is 23.1 Å². The van der Waals surface area contributed by atoms with Gasteiger partial charge in [-0.25, -0.2) is 0 Å². The quantitative estimate of drug-likeness (QED) is 0.540. The molecule has 1 aliphatic heterocycles. The molecule has 0 bridgehead atoms. The Morgan fingerprint density at radius 2 is 1.89 bits per heavy atom. The predicted octanol–water partition coefficient (Wildman–Crippen LogP) is 3.76. The lowest BCUT2D eigenvalue weighted by Gasteiger charge is -2.26. The number of carbonyl (C=O) groups is 3. The average Bonchev–Trinajstić information content (AvgIpc) is 3.43. The molecule has 1 aromatic heterocycles. The van der Waals surface area contributed by atoms with E-state index >= 15 is 0 Å². The summed E-state index contributed by atoms with van der Waals surface area (Å²) in [5, 5.41) is 7.68. The topological polar surface area (TPSA) is 101 Å². The van der Waals surface area contributed by atoms with E-state index in [2.05, 4.69) is 10.6 Å². The minimum atomic E-state index is -0.592. The second-order valence-electron chi connectivity index (χ2n) is 10.3. The van der Waals surface area contributed by atoms with Gasteiger partial charge in [-0.3, -0.25) is 14.4 Å². The summed E-state index contributed by atoms with van der Waals surface area (Å²) in [5.74, 6) is -0.252. The number of fused-ring (bicyclic) bond motifs is 3. The van der Waals surface area contributed by atoms with Gasteiger partial charge in [-0.15, -0.1) is 0 Å². The largest absolute Gasteiger partial charge is 0.456 e. The lowest BCUT2D eigenvalue weighted by atomic mass is 10.0. The molecule has 0 spiro atoms. The van der Waals surface area contributed by atoms with Gasteiger partial charge in [0.05, 0.1) is 6.61 Å². The van der Waals surface area contributed by atoms with Crippen molar-refractivity contribution in [3.8, 4) is 0 Å². The fourth-order valence-electron chi connectivity index (χ4n) is 4.51. The van der Waals surface area contributed by atoms with Crippen LogP contribution in [0.4, 0.5) is 5.69 Å². The Kier molecular flexibility index (Phi) is 6.01. The van der Waals surface area contributed by atoms with Crippen molar-refractivity contribution in [3.63, 3.8) is 0 Å². The molecule has 2 N–H and O–H groups in total. The maximum absolute atomic E-state index is 13.1. The summed E-state index contributed by atoms with van der Waals surface area (Å²) in [6.07, 6.45) is 2.49. The molecular weight excluding hydrogens is 446 g/mol. The zero-order valence-corrected chi connectivity index (χ0v) is 20.3. The Morgan fingerprint density at radius 3 is 2.60 bits per heavy atom. The van der Waals surface area contributed by atoms with Crippen molar-refractivity contribution in [1.29, 1.82) is 0 Å². The number of rotatable bonds is 7. The van der Waals surface area contributed by atoms with E-state index in [1.807, 2.05) is 39.0 Å². The number of furan rings is 1. The van der Waals surface area contributed by atoms with Crippen molar-refractivity contribution in [1.82, 2.24) is 10.6 Å². The first-order valence-electron chi connectivity index (χ1n) is 12.2. The van der Waals surface area contributed by atoms with Gasteiger partial charge in [0.2, 0.25) is 5.91 Å². The van der Waals surface area contributed by atoms with Crippen LogP contribution in [-0.4, -0.2) is 49.1 Å². The number of anilines is 1. The molecule has 1 unspecified atom stereocenters. The lowest BCUT2D eigenvalue weighted by molar-refractivity contribution is -0.126. The number of hydrogen-bond acceptors (Lipinski definition) is 5. The van der Waals surface area contributed by atoms with Crippen molar-refractivity contribution in [2.75, 3.05) is 24.7 Å². The first kappa shape index (κ1) is 23.4. The molecule has 1 saturated heterocycles. The maximum atomic E-state index is 13.1. The second kappa shape index (κ2) is 9.00. The van der Waals surface area contributed by atoms with E-state index in [0.717, 1.165) is 29.3 Å². The van der Waals surface area contributed by atoms with Crippen LogP contribution in [0.2, 0.25) is 0 Å². The molecule has 3 aromatic rings. The van der Waals surface area contributed by atoms with E-state index in [0.29, 0.717) is 36.3 Å². The van der Waals surface area contributed by atoms with Gasteiger partial charge in [-0.2, -0.15) is 0 Å². The van der Waals surface area contributed by atoms with E-state index in [-0.39, 0.29) is 35.8 Å². The number of ether oxygens (including phenoxy) is 1. The van der Waals surface area contributed by atoms with Crippen LogP contribution in [0.15, 0.2) is 40.8 Å². The number of benzene rings is 2. The molecule has 1 aliphatic carbocycles. The minimum absolute atomic E-state index is 0.0751. The van der Waals surface area contributed by atoms with Gasteiger partial charge in [0.25, 0.3) is 11.8 Å². The van der Waals surface area contributed by atoms with Gasteiger partial charge < -0.3 is 24.7 Å². The molecule has 35 heavy (non-hydrogen) atoms. The molecule has 2 fully saturated rings. The summed E-state index contributed by atoms with van der Waals surface area (Å²) in [7, 11) is 0. The maximum Gasteiger partial charge on any atom is 0.253 e. The SMILES string of the molecule is CC(C)CC(NC(=O)c1ccc2oc3cc(N4CCOCC4=O)ccc3c2c1)C(=O)NC1(C)CC1. The van der Waals surface area contributed by atoms with E-state index in [1.165, 1.54) is 0 Å². The molecule has 2 heterocycles.